The molecular weight excluding hydrogens is 279 g/mol. The number of nitrogens with zero attached hydrogens (tertiary/aromatic N) is 1. The maximum absolute atomic E-state index is 13.6. The molecule has 7 heteroatoms. The number of ether oxygens (including phenoxy) is 2. The van der Waals surface area contributed by atoms with Crippen LogP contribution in [0.4, 0.5) is 9.18 Å². The van der Waals surface area contributed by atoms with Crippen LogP contribution in [-0.2, 0) is 20.7 Å². The summed E-state index contributed by atoms with van der Waals surface area (Å²) in [5.41, 5.74) is -0.455. The van der Waals surface area contributed by atoms with Crippen LogP contribution < -0.4 is 5.32 Å². The number of hydrogen-bond donors (Lipinski definition) is 1. The fourth-order valence-corrected chi connectivity index (χ4v) is 1.57. The lowest BCUT2D eigenvalue weighted by Crippen LogP contribution is -2.45. The van der Waals surface area contributed by atoms with E-state index in [0.29, 0.717) is 0 Å². The van der Waals surface area contributed by atoms with Crippen molar-refractivity contribution in [3.05, 3.63) is 29.8 Å². The second-order valence-corrected chi connectivity index (χ2v) is 5.39. The Labute approximate surface area is 122 Å². The van der Waals surface area contributed by atoms with Crippen molar-refractivity contribution in [2.24, 2.45) is 0 Å². The van der Waals surface area contributed by atoms with Gasteiger partial charge in [-0.05, 0) is 32.4 Å². The van der Waals surface area contributed by atoms with E-state index in [1.54, 1.807) is 20.8 Å². The van der Waals surface area contributed by atoms with Crippen molar-refractivity contribution in [3.63, 3.8) is 0 Å². The number of halogens is 1. The minimum atomic E-state index is -1.04. The predicted octanol–water partition coefficient (Wildman–Crippen LogP) is 1.83. The molecule has 0 saturated heterocycles. The fraction of sp³-hybridized carbons (Fsp3) is 0.500. The van der Waals surface area contributed by atoms with E-state index in [-0.39, 0.29) is 12.0 Å². The van der Waals surface area contributed by atoms with Crippen molar-refractivity contribution in [3.8, 4) is 0 Å². The van der Waals surface area contributed by atoms with E-state index in [2.05, 4.69) is 15.0 Å². The Bertz CT molecular complexity index is 514. The molecule has 0 spiro atoms. The molecule has 1 aromatic heterocycles. The predicted molar refractivity (Wildman–Crippen MR) is 73.1 cm³/mol. The van der Waals surface area contributed by atoms with Crippen molar-refractivity contribution < 1.29 is 23.5 Å². The van der Waals surface area contributed by atoms with Crippen molar-refractivity contribution in [2.75, 3.05) is 7.11 Å². The van der Waals surface area contributed by atoms with E-state index < -0.39 is 29.5 Å². The summed E-state index contributed by atoms with van der Waals surface area (Å²) < 4.78 is 23.2. The molecular formula is C14H19FN2O4. The number of aromatic nitrogens is 1. The summed E-state index contributed by atoms with van der Waals surface area (Å²) >= 11 is 0. The Balaban J connectivity index is 2.80. The van der Waals surface area contributed by atoms with Crippen LogP contribution in [0.25, 0.3) is 0 Å². The maximum atomic E-state index is 13.6. The highest BCUT2D eigenvalue weighted by Crippen LogP contribution is 2.11. The van der Waals surface area contributed by atoms with Gasteiger partial charge in [0.15, 0.2) is 0 Å². The number of methoxy groups -OCH3 is 1. The molecule has 0 unspecified atom stereocenters. The Morgan fingerprint density at radius 3 is 2.62 bits per heavy atom. The van der Waals surface area contributed by atoms with E-state index in [0.717, 1.165) is 6.20 Å². The van der Waals surface area contributed by atoms with Gasteiger partial charge in [-0.2, -0.15) is 0 Å². The first-order chi connectivity index (χ1) is 9.73. The standard InChI is InChI=1S/C14H19FN2O4/c1-14(2,3)21-13(19)17-11(12(18)20-4)7-9-5-6-16-8-10(9)15/h5-6,8,11H,7H2,1-4H3,(H,17,19)/t11-/m0/s1. The van der Waals surface area contributed by atoms with Crippen LogP contribution in [0.1, 0.15) is 26.3 Å². The summed E-state index contributed by atoms with van der Waals surface area (Å²) in [6, 6.07) is 0.393. The van der Waals surface area contributed by atoms with Crippen molar-refractivity contribution in [2.45, 2.75) is 38.8 Å². The zero-order valence-corrected chi connectivity index (χ0v) is 12.5. The van der Waals surface area contributed by atoms with Crippen LogP contribution in [0.3, 0.4) is 0 Å². The van der Waals surface area contributed by atoms with Crippen molar-refractivity contribution >= 4 is 12.1 Å². The van der Waals surface area contributed by atoms with Gasteiger partial charge in [-0.3, -0.25) is 4.98 Å². The number of carbonyl (C=O) groups excluding carboxylic acids is 2. The Morgan fingerprint density at radius 2 is 2.10 bits per heavy atom. The minimum absolute atomic E-state index is 0.0553. The maximum Gasteiger partial charge on any atom is 0.408 e. The minimum Gasteiger partial charge on any atom is -0.467 e. The molecule has 1 aromatic rings. The lowest BCUT2D eigenvalue weighted by molar-refractivity contribution is -0.143. The SMILES string of the molecule is COC(=O)[C@H](Cc1ccncc1F)NC(=O)OC(C)(C)C. The van der Waals surface area contributed by atoms with E-state index >= 15 is 0 Å². The molecule has 116 valence electrons. The van der Waals surface area contributed by atoms with Gasteiger partial charge in [-0.1, -0.05) is 0 Å². The van der Waals surface area contributed by atoms with Gasteiger partial charge in [0, 0.05) is 12.6 Å². The van der Waals surface area contributed by atoms with Crippen LogP contribution in [0.15, 0.2) is 18.5 Å². The number of pyridine rings is 1. The van der Waals surface area contributed by atoms with Gasteiger partial charge in [0.05, 0.1) is 13.3 Å². The number of amides is 1. The molecule has 1 N–H and O–H groups in total. The Kier molecular flexibility index (Phi) is 5.63. The number of alkyl carbamates (subject to hydrolysis) is 1. The summed E-state index contributed by atoms with van der Waals surface area (Å²) in [4.78, 5) is 27.0. The van der Waals surface area contributed by atoms with Crippen molar-refractivity contribution in [1.82, 2.24) is 10.3 Å². The third kappa shape index (κ3) is 5.76. The first kappa shape index (κ1) is 16.9. The second-order valence-electron chi connectivity index (χ2n) is 5.39. The highest BCUT2D eigenvalue weighted by Gasteiger charge is 2.26. The van der Waals surface area contributed by atoms with E-state index in [4.69, 9.17) is 4.74 Å². The summed E-state index contributed by atoms with van der Waals surface area (Å²) in [7, 11) is 1.19. The molecule has 0 fully saturated rings. The first-order valence-electron chi connectivity index (χ1n) is 6.38. The highest BCUT2D eigenvalue weighted by atomic mass is 19.1. The molecule has 0 aliphatic rings. The van der Waals surface area contributed by atoms with Crippen LogP contribution >= 0.6 is 0 Å². The molecule has 21 heavy (non-hydrogen) atoms. The molecule has 1 atom stereocenters. The lowest BCUT2D eigenvalue weighted by atomic mass is 10.1. The van der Waals surface area contributed by atoms with Gasteiger partial charge in [0.2, 0.25) is 0 Å². The van der Waals surface area contributed by atoms with Gasteiger partial charge in [-0.15, -0.1) is 0 Å². The summed E-state index contributed by atoms with van der Waals surface area (Å²) in [5, 5.41) is 2.38. The van der Waals surface area contributed by atoms with E-state index in [1.807, 2.05) is 0 Å². The summed E-state index contributed by atoms with van der Waals surface area (Å²) in [6.45, 7) is 5.09. The smallest absolute Gasteiger partial charge is 0.408 e. The number of carbonyl (C=O) groups is 2. The molecule has 1 rings (SSSR count). The largest absolute Gasteiger partial charge is 0.467 e. The van der Waals surface area contributed by atoms with Gasteiger partial charge in [0.25, 0.3) is 0 Å². The molecule has 0 aromatic carbocycles. The molecule has 1 amide bonds. The Morgan fingerprint density at radius 1 is 1.43 bits per heavy atom. The monoisotopic (exact) mass is 298 g/mol. The van der Waals surface area contributed by atoms with Gasteiger partial charge in [-0.25, -0.2) is 14.0 Å². The average Bonchev–Trinajstić information content (AvgIpc) is 2.37. The third-order valence-corrected chi connectivity index (χ3v) is 2.46. The molecule has 0 bridgehead atoms. The highest BCUT2D eigenvalue weighted by molar-refractivity contribution is 5.81. The topological polar surface area (TPSA) is 77.5 Å². The zero-order valence-electron chi connectivity index (χ0n) is 12.5. The van der Waals surface area contributed by atoms with Gasteiger partial charge >= 0.3 is 12.1 Å². The second kappa shape index (κ2) is 7.01. The van der Waals surface area contributed by atoms with Gasteiger partial charge < -0.3 is 14.8 Å². The van der Waals surface area contributed by atoms with Crippen LogP contribution in [0.2, 0.25) is 0 Å². The molecule has 0 aliphatic carbocycles. The number of rotatable bonds is 4. The fourth-order valence-electron chi connectivity index (χ4n) is 1.57. The molecule has 1 heterocycles. The first-order valence-corrected chi connectivity index (χ1v) is 6.38. The zero-order chi connectivity index (χ0) is 16.0. The van der Waals surface area contributed by atoms with Gasteiger partial charge in [0.1, 0.15) is 17.5 Å². The Hall–Kier alpha value is -2.18. The van der Waals surface area contributed by atoms with Crippen molar-refractivity contribution in [1.29, 1.82) is 0 Å². The quantitative estimate of drug-likeness (QED) is 0.858. The van der Waals surface area contributed by atoms with Crippen LogP contribution in [0.5, 0.6) is 0 Å². The van der Waals surface area contributed by atoms with Crippen LogP contribution in [0, 0.1) is 5.82 Å². The van der Waals surface area contributed by atoms with E-state index in [1.165, 1.54) is 19.4 Å². The lowest BCUT2D eigenvalue weighted by Gasteiger charge is -2.22. The number of nitrogens with one attached hydrogen (secondary N) is 1. The van der Waals surface area contributed by atoms with Crippen LogP contribution in [-0.4, -0.2) is 35.8 Å². The average molecular weight is 298 g/mol. The molecule has 6 nitrogen and oxygen atoms in total. The molecule has 0 saturated carbocycles. The summed E-state index contributed by atoms with van der Waals surface area (Å²) in [5.74, 6) is -1.24. The normalized spacial score (nSPS) is 12.4. The molecule has 0 aliphatic heterocycles. The molecule has 0 radical (unpaired) electrons. The number of hydrogen-bond acceptors (Lipinski definition) is 5. The number of esters is 1. The van der Waals surface area contributed by atoms with E-state index in [9.17, 15) is 14.0 Å². The summed E-state index contributed by atoms with van der Waals surface area (Å²) in [6.07, 6.45) is 1.62. The third-order valence-electron chi connectivity index (χ3n) is 2.46.